The zero-order valence-electron chi connectivity index (χ0n) is 11.6. The van der Waals surface area contributed by atoms with Crippen LogP contribution in [0.5, 0.6) is 0 Å². The molecule has 1 aromatic carbocycles. The van der Waals surface area contributed by atoms with Crippen LogP contribution >= 0.6 is 0 Å². The quantitative estimate of drug-likeness (QED) is 0.908. The molecule has 0 bridgehead atoms. The Kier molecular flexibility index (Phi) is 2.81. The van der Waals surface area contributed by atoms with Crippen molar-refractivity contribution in [3.8, 4) is 11.5 Å². The fourth-order valence-electron chi connectivity index (χ4n) is 2.24. The Balaban J connectivity index is 1.89. The van der Waals surface area contributed by atoms with Gasteiger partial charge in [-0.2, -0.15) is 0 Å². The maximum Gasteiger partial charge on any atom is 0.249 e. The van der Waals surface area contributed by atoms with Gasteiger partial charge in [-0.25, -0.2) is 0 Å². The summed E-state index contributed by atoms with van der Waals surface area (Å²) in [6, 6.07) is 8.53. The van der Waals surface area contributed by atoms with Crippen molar-refractivity contribution < 1.29 is 4.42 Å². The molecule has 2 aromatic rings. The molecule has 0 spiro atoms. The second-order valence-corrected chi connectivity index (χ2v) is 5.69. The van der Waals surface area contributed by atoms with Crippen molar-refractivity contribution in [3.63, 3.8) is 0 Å². The summed E-state index contributed by atoms with van der Waals surface area (Å²) in [4.78, 5) is 0. The van der Waals surface area contributed by atoms with Crippen LogP contribution in [0, 0.1) is 12.3 Å². The van der Waals surface area contributed by atoms with E-state index in [2.05, 4.69) is 35.4 Å². The zero-order chi connectivity index (χ0) is 13.5. The first-order valence-electron chi connectivity index (χ1n) is 6.74. The lowest BCUT2D eigenvalue weighted by molar-refractivity contribution is 0.493. The molecule has 100 valence electrons. The molecule has 1 N–H and O–H groups in total. The molecule has 0 amide bonds. The average molecular weight is 257 g/mol. The second-order valence-electron chi connectivity index (χ2n) is 5.69. The molecule has 1 saturated carbocycles. The third-order valence-electron chi connectivity index (χ3n) is 4.14. The van der Waals surface area contributed by atoms with Crippen molar-refractivity contribution >= 4 is 5.69 Å². The normalized spacial score (nSPS) is 18.1. The van der Waals surface area contributed by atoms with Crippen LogP contribution < -0.4 is 5.32 Å². The van der Waals surface area contributed by atoms with Gasteiger partial charge in [0.15, 0.2) is 0 Å². The van der Waals surface area contributed by atoms with Crippen LogP contribution in [0.25, 0.3) is 11.5 Å². The highest BCUT2D eigenvalue weighted by Crippen LogP contribution is 2.49. The summed E-state index contributed by atoms with van der Waals surface area (Å²) in [6.07, 6.45) is 2.59. The number of anilines is 1. The van der Waals surface area contributed by atoms with Crippen LogP contribution in [0.15, 0.2) is 28.7 Å². The number of hydrogen-bond acceptors (Lipinski definition) is 4. The van der Waals surface area contributed by atoms with Crippen LogP contribution in [0.2, 0.25) is 0 Å². The lowest BCUT2D eigenvalue weighted by Crippen LogP contribution is -2.25. The van der Waals surface area contributed by atoms with Gasteiger partial charge >= 0.3 is 0 Å². The molecule has 4 nitrogen and oxygen atoms in total. The van der Waals surface area contributed by atoms with E-state index in [0.29, 0.717) is 23.2 Å². The van der Waals surface area contributed by atoms with Gasteiger partial charge in [-0.15, -0.1) is 10.2 Å². The van der Waals surface area contributed by atoms with Gasteiger partial charge in [0.1, 0.15) is 0 Å². The number of para-hydroxylation sites is 1. The van der Waals surface area contributed by atoms with Gasteiger partial charge in [0.05, 0.1) is 5.56 Å². The van der Waals surface area contributed by atoms with E-state index in [1.54, 1.807) is 6.92 Å². The van der Waals surface area contributed by atoms with Gasteiger partial charge in [-0.1, -0.05) is 19.1 Å². The fourth-order valence-corrected chi connectivity index (χ4v) is 2.24. The number of benzene rings is 1. The summed E-state index contributed by atoms with van der Waals surface area (Å²) >= 11 is 0. The van der Waals surface area contributed by atoms with E-state index in [-0.39, 0.29) is 0 Å². The summed E-state index contributed by atoms with van der Waals surface area (Å²) in [6.45, 7) is 6.37. The molecule has 1 aromatic heterocycles. The second kappa shape index (κ2) is 4.37. The van der Waals surface area contributed by atoms with Crippen LogP contribution in [-0.4, -0.2) is 16.2 Å². The highest BCUT2D eigenvalue weighted by atomic mass is 16.4. The van der Waals surface area contributed by atoms with Crippen LogP contribution in [0.1, 0.15) is 32.6 Å². The van der Waals surface area contributed by atoms with Crippen molar-refractivity contribution in [1.29, 1.82) is 0 Å². The topological polar surface area (TPSA) is 51.0 Å². The highest BCUT2D eigenvalue weighted by Gasteiger charge is 2.42. The van der Waals surface area contributed by atoms with E-state index >= 15 is 0 Å². The Labute approximate surface area is 113 Å². The number of nitrogens with zero attached hydrogens (tertiary/aromatic N) is 2. The predicted molar refractivity (Wildman–Crippen MR) is 74.9 cm³/mol. The summed E-state index contributed by atoms with van der Waals surface area (Å²) < 4.78 is 5.53. The standard InChI is InChI=1S/C15H19N3O/c1-10(15(3)8-9-15)16-13-7-5-4-6-12(13)14-18-17-11(2)19-14/h4-7,10,16H,8-9H2,1-3H3. The van der Waals surface area contributed by atoms with Crippen LogP contribution in [0.3, 0.4) is 0 Å². The molecule has 19 heavy (non-hydrogen) atoms. The zero-order valence-corrected chi connectivity index (χ0v) is 11.6. The molecular weight excluding hydrogens is 238 g/mol. The Morgan fingerprint density at radius 1 is 1.26 bits per heavy atom. The molecule has 1 atom stereocenters. The van der Waals surface area contributed by atoms with Gasteiger partial charge in [-0.05, 0) is 37.3 Å². The van der Waals surface area contributed by atoms with E-state index in [9.17, 15) is 0 Å². The van der Waals surface area contributed by atoms with Gasteiger partial charge in [-0.3, -0.25) is 0 Å². The lowest BCUT2D eigenvalue weighted by Gasteiger charge is -2.22. The summed E-state index contributed by atoms with van der Waals surface area (Å²) in [5.41, 5.74) is 2.46. The smallest absolute Gasteiger partial charge is 0.249 e. The Morgan fingerprint density at radius 2 is 2.00 bits per heavy atom. The van der Waals surface area contributed by atoms with Gasteiger partial charge in [0.2, 0.25) is 11.8 Å². The number of hydrogen-bond donors (Lipinski definition) is 1. The molecule has 1 aliphatic rings. The minimum atomic E-state index is 0.428. The predicted octanol–water partition coefficient (Wildman–Crippen LogP) is 3.65. The van der Waals surface area contributed by atoms with E-state index in [4.69, 9.17) is 4.42 Å². The largest absolute Gasteiger partial charge is 0.421 e. The molecule has 3 rings (SSSR count). The highest BCUT2D eigenvalue weighted by molar-refractivity contribution is 5.72. The molecule has 1 fully saturated rings. The SMILES string of the molecule is Cc1nnc(-c2ccccc2NC(C)C2(C)CC2)o1. The average Bonchev–Trinajstić information content (AvgIpc) is 3.00. The molecule has 0 radical (unpaired) electrons. The molecule has 1 heterocycles. The van der Waals surface area contributed by atoms with Crippen molar-refractivity contribution in [2.45, 2.75) is 39.7 Å². The lowest BCUT2D eigenvalue weighted by atomic mass is 10.00. The van der Waals surface area contributed by atoms with Gasteiger partial charge in [0, 0.05) is 18.7 Å². The number of nitrogens with one attached hydrogen (secondary N) is 1. The number of rotatable bonds is 4. The minimum absolute atomic E-state index is 0.428. The van der Waals surface area contributed by atoms with Crippen molar-refractivity contribution in [1.82, 2.24) is 10.2 Å². The van der Waals surface area contributed by atoms with E-state index in [1.807, 2.05) is 18.2 Å². The van der Waals surface area contributed by atoms with Crippen molar-refractivity contribution in [2.75, 3.05) is 5.32 Å². The van der Waals surface area contributed by atoms with E-state index < -0.39 is 0 Å². The first-order chi connectivity index (χ1) is 9.08. The van der Waals surface area contributed by atoms with E-state index in [0.717, 1.165) is 11.3 Å². The minimum Gasteiger partial charge on any atom is -0.421 e. The van der Waals surface area contributed by atoms with Gasteiger partial charge < -0.3 is 9.73 Å². The molecule has 1 unspecified atom stereocenters. The van der Waals surface area contributed by atoms with Gasteiger partial charge in [0.25, 0.3) is 0 Å². The Bertz CT molecular complexity index is 587. The summed E-state index contributed by atoms with van der Waals surface area (Å²) in [5.74, 6) is 1.17. The molecular formula is C15H19N3O. The van der Waals surface area contributed by atoms with E-state index in [1.165, 1.54) is 12.8 Å². The molecule has 0 saturated heterocycles. The number of aromatic nitrogens is 2. The first kappa shape index (κ1) is 12.2. The third-order valence-corrected chi connectivity index (χ3v) is 4.14. The van der Waals surface area contributed by atoms with Crippen molar-refractivity contribution in [3.05, 3.63) is 30.2 Å². The maximum atomic E-state index is 5.53. The monoisotopic (exact) mass is 257 g/mol. The van der Waals surface area contributed by atoms with Crippen LogP contribution in [0.4, 0.5) is 5.69 Å². The molecule has 0 aliphatic heterocycles. The third kappa shape index (κ3) is 2.35. The maximum absolute atomic E-state index is 5.53. The summed E-state index contributed by atoms with van der Waals surface area (Å²) in [7, 11) is 0. The Hall–Kier alpha value is -1.84. The fraction of sp³-hybridized carbons (Fsp3) is 0.467. The van der Waals surface area contributed by atoms with Crippen molar-refractivity contribution in [2.24, 2.45) is 5.41 Å². The summed E-state index contributed by atoms with van der Waals surface area (Å²) in [5, 5.41) is 11.6. The molecule has 1 aliphatic carbocycles. The molecule has 4 heteroatoms. The number of aryl methyl sites for hydroxylation is 1. The first-order valence-corrected chi connectivity index (χ1v) is 6.74. The Morgan fingerprint density at radius 3 is 2.63 bits per heavy atom. The van der Waals surface area contributed by atoms with Crippen LogP contribution in [-0.2, 0) is 0 Å².